The zero-order valence-electron chi connectivity index (χ0n) is 11.4. The summed E-state index contributed by atoms with van der Waals surface area (Å²) in [4.78, 5) is 13.8. The van der Waals surface area contributed by atoms with Gasteiger partial charge in [0.2, 0.25) is 0 Å². The molecular formula is C13H24N2O2. The molecule has 0 aromatic carbocycles. The van der Waals surface area contributed by atoms with Crippen LogP contribution in [0.1, 0.15) is 34.1 Å². The SMILES string of the molecule is C[C@H]1CN(C(=O)OC(C)(C)C)CCC12CNC2. The molecule has 2 heterocycles. The van der Waals surface area contributed by atoms with Crippen LogP contribution in [0.3, 0.4) is 0 Å². The molecule has 17 heavy (non-hydrogen) atoms. The van der Waals surface area contributed by atoms with Gasteiger partial charge in [0.05, 0.1) is 0 Å². The van der Waals surface area contributed by atoms with Crippen molar-refractivity contribution in [1.29, 1.82) is 0 Å². The van der Waals surface area contributed by atoms with Crippen LogP contribution in [0.5, 0.6) is 0 Å². The fourth-order valence-electron chi connectivity index (χ4n) is 2.68. The van der Waals surface area contributed by atoms with Gasteiger partial charge in [-0.05, 0) is 33.1 Å². The lowest BCUT2D eigenvalue weighted by atomic mass is 9.67. The number of nitrogens with zero attached hydrogens (tertiary/aromatic N) is 1. The number of amides is 1. The Morgan fingerprint density at radius 1 is 1.41 bits per heavy atom. The van der Waals surface area contributed by atoms with Crippen LogP contribution < -0.4 is 5.32 Å². The number of nitrogens with one attached hydrogen (secondary N) is 1. The number of rotatable bonds is 0. The summed E-state index contributed by atoms with van der Waals surface area (Å²) in [5.41, 5.74) is 0.0476. The number of ether oxygens (including phenoxy) is 1. The summed E-state index contributed by atoms with van der Waals surface area (Å²) in [5, 5.41) is 3.35. The summed E-state index contributed by atoms with van der Waals surface area (Å²) in [6, 6.07) is 0. The molecule has 1 spiro atoms. The maximum Gasteiger partial charge on any atom is 0.410 e. The Balaban J connectivity index is 1.91. The van der Waals surface area contributed by atoms with Crippen molar-refractivity contribution in [3.63, 3.8) is 0 Å². The minimum absolute atomic E-state index is 0.161. The van der Waals surface area contributed by atoms with Gasteiger partial charge in [0.15, 0.2) is 0 Å². The molecule has 1 N–H and O–H groups in total. The highest BCUT2D eigenvalue weighted by Crippen LogP contribution is 2.39. The van der Waals surface area contributed by atoms with Gasteiger partial charge in [-0.15, -0.1) is 0 Å². The molecule has 1 amide bonds. The van der Waals surface area contributed by atoms with Gasteiger partial charge in [-0.25, -0.2) is 4.79 Å². The van der Waals surface area contributed by atoms with E-state index in [0.29, 0.717) is 11.3 Å². The van der Waals surface area contributed by atoms with Crippen LogP contribution in [0.4, 0.5) is 4.79 Å². The van der Waals surface area contributed by atoms with Crippen molar-refractivity contribution in [3.05, 3.63) is 0 Å². The summed E-state index contributed by atoms with van der Waals surface area (Å²) in [5.74, 6) is 0.560. The molecule has 0 unspecified atom stereocenters. The highest BCUT2D eigenvalue weighted by Gasteiger charge is 2.46. The third kappa shape index (κ3) is 2.57. The second-order valence-electron chi connectivity index (χ2n) is 6.54. The second-order valence-corrected chi connectivity index (χ2v) is 6.54. The van der Waals surface area contributed by atoms with Crippen LogP contribution in [0.15, 0.2) is 0 Å². The van der Waals surface area contributed by atoms with Crippen LogP contribution in [-0.4, -0.2) is 42.8 Å². The summed E-state index contributed by atoms with van der Waals surface area (Å²) in [6.07, 6.45) is 0.937. The molecule has 0 aromatic heterocycles. The molecule has 1 atom stereocenters. The average Bonchev–Trinajstić information content (AvgIpc) is 2.12. The largest absolute Gasteiger partial charge is 0.444 e. The first kappa shape index (κ1) is 12.7. The van der Waals surface area contributed by atoms with Crippen molar-refractivity contribution >= 4 is 6.09 Å². The number of hydrogen-bond acceptors (Lipinski definition) is 3. The number of piperidine rings is 1. The van der Waals surface area contributed by atoms with E-state index in [2.05, 4.69) is 12.2 Å². The maximum atomic E-state index is 12.0. The third-order valence-corrected chi connectivity index (χ3v) is 4.03. The molecule has 4 nitrogen and oxygen atoms in total. The Kier molecular flexibility index (Phi) is 3.10. The first-order chi connectivity index (χ1) is 7.82. The minimum atomic E-state index is -0.395. The van der Waals surface area contributed by atoms with E-state index < -0.39 is 5.60 Å². The molecular weight excluding hydrogens is 216 g/mol. The summed E-state index contributed by atoms with van der Waals surface area (Å²) in [6.45, 7) is 11.9. The second kappa shape index (κ2) is 4.16. The lowest BCUT2D eigenvalue weighted by Crippen LogP contribution is -2.63. The Morgan fingerprint density at radius 3 is 2.47 bits per heavy atom. The van der Waals surface area contributed by atoms with Gasteiger partial charge in [-0.3, -0.25) is 0 Å². The molecule has 98 valence electrons. The number of carbonyl (C=O) groups is 1. The molecule has 2 fully saturated rings. The van der Waals surface area contributed by atoms with Gasteiger partial charge in [0.1, 0.15) is 5.60 Å². The Labute approximate surface area is 104 Å². The Hall–Kier alpha value is -0.770. The molecule has 4 heteroatoms. The molecule has 2 aliphatic rings. The van der Waals surface area contributed by atoms with Crippen LogP contribution >= 0.6 is 0 Å². The van der Waals surface area contributed by atoms with Crippen LogP contribution in [0.2, 0.25) is 0 Å². The van der Waals surface area contributed by atoms with Gasteiger partial charge in [0.25, 0.3) is 0 Å². The van der Waals surface area contributed by atoms with Crippen molar-refractivity contribution in [2.75, 3.05) is 26.2 Å². The lowest BCUT2D eigenvalue weighted by molar-refractivity contribution is -0.0230. The van der Waals surface area contributed by atoms with E-state index in [4.69, 9.17) is 4.74 Å². The molecule has 0 bridgehead atoms. The zero-order valence-corrected chi connectivity index (χ0v) is 11.4. The molecule has 2 rings (SSSR count). The predicted molar refractivity (Wildman–Crippen MR) is 66.9 cm³/mol. The summed E-state index contributed by atoms with van der Waals surface area (Å²) >= 11 is 0. The van der Waals surface area contributed by atoms with E-state index in [1.54, 1.807) is 0 Å². The maximum absolute atomic E-state index is 12.0. The average molecular weight is 240 g/mol. The smallest absolute Gasteiger partial charge is 0.410 e. The molecule has 0 aromatic rings. The molecule has 2 aliphatic heterocycles. The highest BCUT2D eigenvalue weighted by atomic mass is 16.6. The first-order valence-electron chi connectivity index (χ1n) is 6.51. The number of likely N-dealkylation sites (tertiary alicyclic amines) is 1. The zero-order chi connectivity index (χ0) is 12.7. The van der Waals surface area contributed by atoms with Crippen molar-refractivity contribution in [1.82, 2.24) is 10.2 Å². The normalized spacial score (nSPS) is 27.8. The fraction of sp³-hybridized carbons (Fsp3) is 0.923. The van der Waals surface area contributed by atoms with Crippen LogP contribution in [0.25, 0.3) is 0 Å². The van der Waals surface area contributed by atoms with Crippen molar-refractivity contribution < 1.29 is 9.53 Å². The van der Waals surface area contributed by atoms with E-state index in [9.17, 15) is 4.79 Å². The number of carbonyl (C=O) groups excluding carboxylic acids is 1. The standard InChI is InChI=1S/C13H24N2O2/c1-10-7-15(11(16)17-12(2,3)4)6-5-13(10)8-14-9-13/h10,14H,5-9H2,1-4H3/t10-/m0/s1. The Bertz CT molecular complexity index is 305. The van der Waals surface area contributed by atoms with Gasteiger partial charge >= 0.3 is 6.09 Å². The quantitative estimate of drug-likeness (QED) is 0.702. The predicted octanol–water partition coefficient (Wildman–Crippen LogP) is 1.85. The molecule has 0 aliphatic carbocycles. The van der Waals surface area contributed by atoms with Crippen molar-refractivity contribution in [2.45, 2.75) is 39.7 Å². The fourth-order valence-corrected chi connectivity index (χ4v) is 2.68. The van der Waals surface area contributed by atoms with Gasteiger partial charge in [0, 0.05) is 31.6 Å². The van der Waals surface area contributed by atoms with E-state index in [-0.39, 0.29) is 6.09 Å². The molecule has 2 saturated heterocycles. The third-order valence-electron chi connectivity index (χ3n) is 4.03. The first-order valence-corrected chi connectivity index (χ1v) is 6.51. The van der Waals surface area contributed by atoms with E-state index >= 15 is 0 Å². The van der Waals surface area contributed by atoms with Crippen LogP contribution in [0, 0.1) is 11.3 Å². The van der Waals surface area contributed by atoms with Gasteiger partial charge in [-0.1, -0.05) is 6.92 Å². The summed E-state index contributed by atoms with van der Waals surface area (Å²) < 4.78 is 5.42. The van der Waals surface area contributed by atoms with Gasteiger partial charge < -0.3 is 15.0 Å². The Morgan fingerprint density at radius 2 is 2.06 bits per heavy atom. The highest BCUT2D eigenvalue weighted by molar-refractivity contribution is 5.68. The van der Waals surface area contributed by atoms with Crippen molar-refractivity contribution in [2.24, 2.45) is 11.3 Å². The molecule has 0 saturated carbocycles. The van der Waals surface area contributed by atoms with E-state index in [0.717, 1.165) is 32.6 Å². The minimum Gasteiger partial charge on any atom is -0.444 e. The van der Waals surface area contributed by atoms with Crippen LogP contribution in [-0.2, 0) is 4.74 Å². The monoisotopic (exact) mass is 240 g/mol. The number of hydrogen-bond donors (Lipinski definition) is 1. The van der Waals surface area contributed by atoms with Crippen molar-refractivity contribution in [3.8, 4) is 0 Å². The topological polar surface area (TPSA) is 41.6 Å². The van der Waals surface area contributed by atoms with E-state index in [1.807, 2.05) is 25.7 Å². The van der Waals surface area contributed by atoms with E-state index in [1.165, 1.54) is 0 Å². The lowest BCUT2D eigenvalue weighted by Gasteiger charge is -2.52. The summed E-state index contributed by atoms with van der Waals surface area (Å²) in [7, 11) is 0. The van der Waals surface area contributed by atoms with Gasteiger partial charge in [-0.2, -0.15) is 0 Å². The molecule has 0 radical (unpaired) electrons.